The lowest BCUT2D eigenvalue weighted by Crippen LogP contribution is -2.48. The number of methoxy groups -OCH3 is 2. The largest absolute Gasteiger partial charge is 0.497 e. The SMILES string of the molecule is COc1ccc(OC)c(CN2CCN(C(=O)c3ccc4noc(-c5ccccc5)c4c3)CC2)c1. The van der Waals surface area contributed by atoms with Crippen molar-refractivity contribution in [2.24, 2.45) is 0 Å². The smallest absolute Gasteiger partial charge is 0.253 e. The molecule has 0 radical (unpaired) electrons. The number of piperazine rings is 1. The number of rotatable bonds is 6. The normalized spacial score (nSPS) is 14.4. The maximum Gasteiger partial charge on any atom is 0.253 e. The molecule has 174 valence electrons. The first-order chi connectivity index (χ1) is 16.7. The second-order valence-corrected chi connectivity index (χ2v) is 8.36. The van der Waals surface area contributed by atoms with Crippen LogP contribution < -0.4 is 9.47 Å². The summed E-state index contributed by atoms with van der Waals surface area (Å²) in [5.41, 5.74) is 3.41. The summed E-state index contributed by atoms with van der Waals surface area (Å²) in [4.78, 5) is 17.5. The van der Waals surface area contributed by atoms with E-state index in [1.165, 1.54) is 0 Å². The Morgan fingerprint density at radius 2 is 1.74 bits per heavy atom. The lowest BCUT2D eigenvalue weighted by atomic mass is 10.1. The van der Waals surface area contributed by atoms with E-state index < -0.39 is 0 Å². The number of carbonyl (C=O) groups excluding carboxylic acids is 1. The Hall–Kier alpha value is -3.84. The Kier molecular flexibility index (Phi) is 6.18. The summed E-state index contributed by atoms with van der Waals surface area (Å²) in [6, 6.07) is 21.2. The Morgan fingerprint density at radius 3 is 2.47 bits per heavy atom. The van der Waals surface area contributed by atoms with Crippen LogP contribution >= 0.6 is 0 Å². The van der Waals surface area contributed by atoms with E-state index in [0.717, 1.165) is 53.2 Å². The molecule has 1 aliphatic heterocycles. The van der Waals surface area contributed by atoms with Gasteiger partial charge in [-0.15, -0.1) is 0 Å². The highest BCUT2D eigenvalue weighted by Crippen LogP contribution is 2.30. The molecule has 0 atom stereocenters. The monoisotopic (exact) mass is 457 g/mol. The molecular formula is C27H27N3O4. The van der Waals surface area contributed by atoms with Crippen molar-refractivity contribution in [2.45, 2.75) is 6.54 Å². The molecule has 4 aromatic rings. The van der Waals surface area contributed by atoms with Gasteiger partial charge in [0.05, 0.1) is 19.6 Å². The minimum absolute atomic E-state index is 0.0284. The van der Waals surface area contributed by atoms with Gasteiger partial charge >= 0.3 is 0 Å². The molecule has 7 heteroatoms. The Labute approximate surface area is 198 Å². The van der Waals surface area contributed by atoms with Crippen molar-refractivity contribution in [1.29, 1.82) is 0 Å². The van der Waals surface area contributed by atoms with Crippen molar-refractivity contribution >= 4 is 16.8 Å². The number of nitrogens with zero attached hydrogens (tertiary/aromatic N) is 3. The summed E-state index contributed by atoms with van der Waals surface area (Å²) < 4.78 is 16.5. The van der Waals surface area contributed by atoms with Crippen molar-refractivity contribution in [3.63, 3.8) is 0 Å². The Bertz CT molecular complexity index is 1290. The van der Waals surface area contributed by atoms with Gasteiger partial charge < -0.3 is 18.9 Å². The van der Waals surface area contributed by atoms with E-state index in [4.69, 9.17) is 14.0 Å². The fourth-order valence-electron chi connectivity index (χ4n) is 4.41. The summed E-state index contributed by atoms with van der Waals surface area (Å²) in [6.45, 7) is 3.65. The third-order valence-electron chi connectivity index (χ3n) is 6.30. The lowest BCUT2D eigenvalue weighted by molar-refractivity contribution is 0.0627. The number of amides is 1. The van der Waals surface area contributed by atoms with Crippen LogP contribution in [-0.4, -0.2) is 61.3 Å². The second kappa shape index (κ2) is 9.57. The third kappa shape index (κ3) is 4.34. The molecule has 1 saturated heterocycles. The van der Waals surface area contributed by atoms with Gasteiger partial charge in [0.15, 0.2) is 5.76 Å². The van der Waals surface area contributed by atoms with E-state index in [9.17, 15) is 4.79 Å². The predicted molar refractivity (Wildman–Crippen MR) is 130 cm³/mol. The fourth-order valence-corrected chi connectivity index (χ4v) is 4.41. The number of carbonyl (C=O) groups is 1. The summed E-state index contributed by atoms with van der Waals surface area (Å²) in [7, 11) is 3.34. The van der Waals surface area contributed by atoms with E-state index >= 15 is 0 Å². The van der Waals surface area contributed by atoms with Crippen LogP contribution in [0.15, 0.2) is 71.3 Å². The van der Waals surface area contributed by atoms with Gasteiger partial charge in [-0.3, -0.25) is 9.69 Å². The van der Waals surface area contributed by atoms with E-state index in [1.807, 2.05) is 71.6 Å². The quantitative estimate of drug-likeness (QED) is 0.426. The highest BCUT2D eigenvalue weighted by Gasteiger charge is 2.24. The maximum atomic E-state index is 13.3. The van der Waals surface area contributed by atoms with Gasteiger partial charge in [0, 0.05) is 49.4 Å². The van der Waals surface area contributed by atoms with Gasteiger partial charge in [0.1, 0.15) is 17.0 Å². The van der Waals surface area contributed by atoms with Gasteiger partial charge in [-0.25, -0.2) is 0 Å². The minimum atomic E-state index is 0.0284. The van der Waals surface area contributed by atoms with Crippen LogP contribution in [0.5, 0.6) is 11.5 Å². The zero-order valence-corrected chi connectivity index (χ0v) is 19.4. The highest BCUT2D eigenvalue weighted by molar-refractivity contribution is 6.01. The average Bonchev–Trinajstić information content (AvgIpc) is 3.32. The third-order valence-corrected chi connectivity index (χ3v) is 6.30. The molecule has 1 aromatic heterocycles. The standard InChI is InChI=1S/C27H27N3O4/c1-32-22-9-11-25(33-2)21(16-22)18-29-12-14-30(15-13-29)27(31)20-8-10-24-23(17-20)26(34-28-24)19-6-4-3-5-7-19/h3-11,16-17H,12-15,18H2,1-2H3. The molecule has 7 nitrogen and oxygen atoms in total. The fraction of sp³-hybridized carbons (Fsp3) is 0.259. The maximum absolute atomic E-state index is 13.3. The highest BCUT2D eigenvalue weighted by atomic mass is 16.5. The second-order valence-electron chi connectivity index (χ2n) is 8.36. The van der Waals surface area contributed by atoms with Crippen LogP contribution in [0.1, 0.15) is 15.9 Å². The molecule has 5 rings (SSSR count). The van der Waals surface area contributed by atoms with Gasteiger partial charge in [-0.2, -0.15) is 0 Å². The Morgan fingerprint density at radius 1 is 0.941 bits per heavy atom. The van der Waals surface area contributed by atoms with Crippen LogP contribution in [0.3, 0.4) is 0 Å². The number of hydrogen-bond donors (Lipinski definition) is 0. The molecule has 0 spiro atoms. The van der Waals surface area contributed by atoms with E-state index in [0.29, 0.717) is 24.4 Å². The van der Waals surface area contributed by atoms with Crippen molar-refractivity contribution in [3.8, 4) is 22.8 Å². The van der Waals surface area contributed by atoms with Gasteiger partial charge in [0.2, 0.25) is 0 Å². The van der Waals surface area contributed by atoms with Crippen LogP contribution in [-0.2, 0) is 6.54 Å². The first kappa shape index (κ1) is 22.0. The predicted octanol–water partition coefficient (Wildman–Crippen LogP) is 4.47. The molecule has 0 saturated carbocycles. The van der Waals surface area contributed by atoms with Gasteiger partial charge in [-0.05, 0) is 36.4 Å². The molecule has 0 aliphatic carbocycles. The number of aromatic nitrogens is 1. The van der Waals surface area contributed by atoms with Crippen LogP contribution in [0, 0.1) is 0 Å². The van der Waals surface area contributed by atoms with E-state index in [2.05, 4.69) is 10.1 Å². The number of fused-ring (bicyclic) bond motifs is 1. The molecule has 1 fully saturated rings. The summed E-state index contributed by atoms with van der Waals surface area (Å²) in [6.07, 6.45) is 0. The molecule has 34 heavy (non-hydrogen) atoms. The zero-order valence-electron chi connectivity index (χ0n) is 19.4. The zero-order chi connectivity index (χ0) is 23.5. The molecule has 2 heterocycles. The lowest BCUT2D eigenvalue weighted by Gasteiger charge is -2.35. The average molecular weight is 458 g/mol. The number of hydrogen-bond acceptors (Lipinski definition) is 6. The minimum Gasteiger partial charge on any atom is -0.497 e. The first-order valence-corrected chi connectivity index (χ1v) is 11.3. The van der Waals surface area contributed by atoms with Crippen LogP contribution in [0.2, 0.25) is 0 Å². The topological polar surface area (TPSA) is 68.0 Å². The van der Waals surface area contributed by atoms with Gasteiger partial charge in [-0.1, -0.05) is 35.5 Å². The number of ether oxygens (including phenoxy) is 2. The molecule has 3 aromatic carbocycles. The van der Waals surface area contributed by atoms with E-state index in [-0.39, 0.29) is 5.91 Å². The molecule has 0 unspecified atom stereocenters. The molecular weight excluding hydrogens is 430 g/mol. The summed E-state index contributed by atoms with van der Waals surface area (Å²) >= 11 is 0. The van der Waals surface area contributed by atoms with Crippen LogP contribution in [0.25, 0.3) is 22.2 Å². The molecule has 0 bridgehead atoms. The van der Waals surface area contributed by atoms with Gasteiger partial charge in [0.25, 0.3) is 5.91 Å². The van der Waals surface area contributed by atoms with Crippen molar-refractivity contribution < 1.29 is 18.8 Å². The molecule has 1 aliphatic rings. The van der Waals surface area contributed by atoms with Crippen molar-refractivity contribution in [1.82, 2.24) is 15.0 Å². The molecule has 0 N–H and O–H groups in total. The summed E-state index contributed by atoms with van der Waals surface area (Å²) in [5.74, 6) is 2.36. The van der Waals surface area contributed by atoms with Crippen LogP contribution in [0.4, 0.5) is 0 Å². The van der Waals surface area contributed by atoms with E-state index in [1.54, 1.807) is 14.2 Å². The first-order valence-electron chi connectivity index (χ1n) is 11.3. The Balaban J connectivity index is 1.28. The molecule has 1 amide bonds. The summed E-state index contributed by atoms with van der Waals surface area (Å²) in [5, 5.41) is 5.01. The number of benzene rings is 3. The van der Waals surface area contributed by atoms with Crippen molar-refractivity contribution in [3.05, 3.63) is 77.9 Å². The van der Waals surface area contributed by atoms with Crippen molar-refractivity contribution in [2.75, 3.05) is 40.4 Å².